The molecule has 0 radical (unpaired) electrons. The lowest BCUT2D eigenvalue weighted by Crippen LogP contribution is -1.95. The summed E-state index contributed by atoms with van der Waals surface area (Å²) in [5.41, 5.74) is 1.77. The molecule has 5 heteroatoms. The molecular weight excluding hydrogens is 368 g/mol. The topological polar surface area (TPSA) is 9.23 Å². The van der Waals surface area contributed by atoms with Gasteiger partial charge in [-0.2, -0.15) is 4.39 Å². The minimum atomic E-state index is -1.04. The Morgan fingerprint density at radius 2 is 1.46 bits per heavy atom. The molecule has 0 bridgehead atoms. The van der Waals surface area contributed by atoms with Crippen LogP contribution < -0.4 is 4.74 Å². The molecule has 0 unspecified atom stereocenters. The first-order chi connectivity index (χ1) is 13.5. The lowest BCUT2D eigenvalue weighted by Gasteiger charge is -2.08. The lowest BCUT2D eigenvalue weighted by molar-refractivity contribution is 0.372. The number of aryl methyl sites for hydroxylation is 1. The van der Waals surface area contributed by atoms with E-state index in [0.29, 0.717) is 23.1 Å². The summed E-state index contributed by atoms with van der Waals surface area (Å²) >= 11 is 0. The molecule has 0 saturated carbocycles. The van der Waals surface area contributed by atoms with Gasteiger partial charge in [-0.15, -0.1) is 0 Å². The van der Waals surface area contributed by atoms with Gasteiger partial charge >= 0.3 is 0 Å². The van der Waals surface area contributed by atoms with Crippen molar-refractivity contribution in [2.24, 2.45) is 0 Å². The summed E-state index contributed by atoms with van der Waals surface area (Å²) in [6.45, 7) is 1.76. The van der Waals surface area contributed by atoms with Gasteiger partial charge in [0.2, 0.25) is 5.82 Å². The van der Waals surface area contributed by atoms with Crippen LogP contribution in [-0.4, -0.2) is 7.11 Å². The van der Waals surface area contributed by atoms with E-state index in [1.807, 2.05) is 0 Å². The largest absolute Gasteiger partial charge is 0.494 e. The van der Waals surface area contributed by atoms with Crippen molar-refractivity contribution in [2.75, 3.05) is 7.11 Å². The maximum absolute atomic E-state index is 14.2. The standard InChI is InChI=1S/C23H18F4O/c1-3-15-10-11-17(21(25)20(15)24)9-6-14-4-7-16(8-5-14)18-12-13-19(28-2)23(27)22(18)26/h4-13H,3H2,1-2H3. The van der Waals surface area contributed by atoms with Crippen molar-refractivity contribution in [3.63, 3.8) is 0 Å². The quantitative estimate of drug-likeness (QED) is 0.352. The maximum Gasteiger partial charge on any atom is 0.201 e. The summed E-state index contributed by atoms with van der Waals surface area (Å²) in [6.07, 6.45) is 3.51. The van der Waals surface area contributed by atoms with Crippen molar-refractivity contribution < 1.29 is 22.3 Å². The average molecular weight is 386 g/mol. The zero-order valence-electron chi connectivity index (χ0n) is 15.4. The zero-order chi connectivity index (χ0) is 20.3. The van der Waals surface area contributed by atoms with Crippen molar-refractivity contribution in [3.8, 4) is 16.9 Å². The van der Waals surface area contributed by atoms with Crippen LogP contribution in [-0.2, 0) is 6.42 Å². The normalized spacial score (nSPS) is 11.2. The van der Waals surface area contributed by atoms with Crippen LogP contribution >= 0.6 is 0 Å². The maximum atomic E-state index is 14.2. The summed E-state index contributed by atoms with van der Waals surface area (Å²) in [4.78, 5) is 0. The summed E-state index contributed by atoms with van der Waals surface area (Å²) < 4.78 is 60.8. The number of hydrogen-bond donors (Lipinski definition) is 0. The van der Waals surface area contributed by atoms with Crippen molar-refractivity contribution in [3.05, 3.63) is 88.5 Å². The molecule has 0 aliphatic heterocycles. The fraction of sp³-hybridized carbons (Fsp3) is 0.130. The third-order valence-electron chi connectivity index (χ3n) is 4.52. The van der Waals surface area contributed by atoms with Gasteiger partial charge < -0.3 is 4.74 Å². The summed E-state index contributed by atoms with van der Waals surface area (Å²) in [5, 5.41) is 0. The predicted molar refractivity (Wildman–Crippen MR) is 103 cm³/mol. The van der Waals surface area contributed by atoms with E-state index in [9.17, 15) is 17.6 Å². The van der Waals surface area contributed by atoms with Gasteiger partial charge in [0.1, 0.15) is 0 Å². The second kappa shape index (κ2) is 8.30. The molecule has 144 valence electrons. The Bertz CT molecular complexity index is 1020. The van der Waals surface area contributed by atoms with Gasteiger partial charge in [0, 0.05) is 11.1 Å². The molecule has 0 aromatic heterocycles. The highest BCUT2D eigenvalue weighted by Crippen LogP contribution is 2.30. The fourth-order valence-electron chi connectivity index (χ4n) is 2.88. The average Bonchev–Trinajstić information content (AvgIpc) is 2.72. The Morgan fingerprint density at radius 3 is 2.11 bits per heavy atom. The molecule has 0 aliphatic rings. The molecule has 3 aromatic carbocycles. The summed E-state index contributed by atoms with van der Waals surface area (Å²) in [7, 11) is 1.27. The predicted octanol–water partition coefficient (Wildman–Crippen LogP) is 6.65. The number of rotatable bonds is 5. The van der Waals surface area contributed by atoms with Crippen LogP contribution in [0.25, 0.3) is 23.3 Å². The second-order valence-corrected chi connectivity index (χ2v) is 6.19. The molecule has 0 saturated heterocycles. The first-order valence-corrected chi connectivity index (χ1v) is 8.73. The Labute approximate surface area is 160 Å². The van der Waals surface area contributed by atoms with Crippen LogP contribution in [0.1, 0.15) is 23.6 Å². The van der Waals surface area contributed by atoms with E-state index >= 15 is 0 Å². The minimum absolute atomic E-state index is 0.108. The summed E-state index contributed by atoms with van der Waals surface area (Å²) in [5.74, 6) is -3.92. The molecular formula is C23H18F4O. The van der Waals surface area contributed by atoms with E-state index in [1.54, 1.807) is 43.3 Å². The highest BCUT2D eigenvalue weighted by Gasteiger charge is 2.15. The molecule has 1 nitrogen and oxygen atoms in total. The van der Waals surface area contributed by atoms with Crippen LogP contribution in [0.4, 0.5) is 17.6 Å². The molecule has 0 heterocycles. The van der Waals surface area contributed by atoms with Crippen molar-refractivity contribution in [1.82, 2.24) is 0 Å². The highest BCUT2D eigenvalue weighted by molar-refractivity contribution is 5.73. The van der Waals surface area contributed by atoms with Crippen LogP contribution in [0.5, 0.6) is 5.75 Å². The lowest BCUT2D eigenvalue weighted by atomic mass is 10.0. The zero-order valence-corrected chi connectivity index (χ0v) is 15.4. The molecule has 3 rings (SSSR count). The molecule has 28 heavy (non-hydrogen) atoms. The van der Waals surface area contributed by atoms with Crippen molar-refractivity contribution >= 4 is 12.2 Å². The number of halogens is 4. The van der Waals surface area contributed by atoms with E-state index in [2.05, 4.69) is 0 Å². The molecule has 0 atom stereocenters. The van der Waals surface area contributed by atoms with Gasteiger partial charge in [0.25, 0.3) is 0 Å². The van der Waals surface area contributed by atoms with Crippen LogP contribution in [0, 0.1) is 23.3 Å². The Kier molecular flexibility index (Phi) is 5.83. The molecule has 3 aromatic rings. The number of hydrogen-bond acceptors (Lipinski definition) is 1. The number of methoxy groups -OCH3 is 1. The van der Waals surface area contributed by atoms with E-state index in [4.69, 9.17) is 4.74 Å². The smallest absolute Gasteiger partial charge is 0.201 e. The van der Waals surface area contributed by atoms with Gasteiger partial charge in [-0.1, -0.05) is 55.5 Å². The van der Waals surface area contributed by atoms with Gasteiger partial charge in [0.15, 0.2) is 23.2 Å². The summed E-state index contributed by atoms with van der Waals surface area (Å²) in [6, 6.07) is 12.5. The minimum Gasteiger partial charge on any atom is -0.494 e. The third-order valence-corrected chi connectivity index (χ3v) is 4.52. The molecule has 0 fully saturated rings. The number of benzene rings is 3. The van der Waals surface area contributed by atoms with E-state index in [-0.39, 0.29) is 16.9 Å². The van der Waals surface area contributed by atoms with Crippen LogP contribution in [0.2, 0.25) is 0 Å². The van der Waals surface area contributed by atoms with Gasteiger partial charge in [-0.25, -0.2) is 13.2 Å². The Morgan fingerprint density at radius 1 is 0.750 bits per heavy atom. The van der Waals surface area contributed by atoms with Gasteiger partial charge in [-0.3, -0.25) is 0 Å². The molecule has 0 N–H and O–H groups in total. The van der Waals surface area contributed by atoms with Crippen LogP contribution in [0.15, 0.2) is 48.5 Å². The second-order valence-electron chi connectivity index (χ2n) is 6.19. The van der Waals surface area contributed by atoms with Crippen molar-refractivity contribution in [1.29, 1.82) is 0 Å². The van der Waals surface area contributed by atoms with E-state index in [0.717, 1.165) is 0 Å². The monoisotopic (exact) mass is 386 g/mol. The first kappa shape index (κ1) is 19.7. The first-order valence-electron chi connectivity index (χ1n) is 8.73. The highest BCUT2D eigenvalue weighted by atomic mass is 19.2. The third kappa shape index (κ3) is 3.79. The SMILES string of the molecule is CCc1ccc(C=Cc2ccc(-c3ccc(OC)c(F)c3F)cc2)c(F)c1F. The molecule has 0 spiro atoms. The van der Waals surface area contributed by atoms with Crippen LogP contribution in [0.3, 0.4) is 0 Å². The number of ether oxygens (including phenoxy) is 1. The molecule has 0 aliphatic carbocycles. The van der Waals surface area contributed by atoms with E-state index < -0.39 is 23.3 Å². The van der Waals surface area contributed by atoms with Gasteiger partial charge in [0.05, 0.1) is 7.11 Å². The van der Waals surface area contributed by atoms with E-state index in [1.165, 1.54) is 31.4 Å². The Balaban J connectivity index is 1.85. The molecule has 0 amide bonds. The Hall–Kier alpha value is -3.08. The fourth-order valence-corrected chi connectivity index (χ4v) is 2.88. The van der Waals surface area contributed by atoms with Crippen molar-refractivity contribution in [2.45, 2.75) is 13.3 Å². The van der Waals surface area contributed by atoms with Gasteiger partial charge in [-0.05, 0) is 35.2 Å².